The van der Waals surface area contributed by atoms with E-state index in [-0.39, 0.29) is 11.2 Å². The zero-order valence-electron chi connectivity index (χ0n) is 15.9. The van der Waals surface area contributed by atoms with Crippen molar-refractivity contribution < 1.29 is 15.1 Å². The number of aliphatic hydroxyl groups excluding tert-OH is 1. The van der Waals surface area contributed by atoms with Gasteiger partial charge in [0.1, 0.15) is 0 Å². The molecule has 3 aromatic rings. The number of nitrogens with one attached hydrogen (secondary N) is 1. The van der Waals surface area contributed by atoms with Gasteiger partial charge in [0.2, 0.25) is 0 Å². The molecule has 1 aliphatic carbocycles. The Balaban J connectivity index is 1.82. The van der Waals surface area contributed by atoms with Crippen LogP contribution in [0.4, 0.5) is 0 Å². The number of Topliss-reactive ketones (excluding diaryl/α,β-unsaturated/α-hetero) is 1. The number of nitrogens with zero attached hydrogens (tertiary/aromatic N) is 1. The number of hydrogen-bond donors (Lipinski definition) is 3. The van der Waals surface area contributed by atoms with E-state index in [4.69, 9.17) is 5.21 Å². The summed E-state index contributed by atoms with van der Waals surface area (Å²) in [6.45, 7) is 4.92. The summed E-state index contributed by atoms with van der Waals surface area (Å²) in [6, 6.07) is 13.5. The number of carbonyl (C=O) groups is 1. The van der Waals surface area contributed by atoms with Crippen molar-refractivity contribution in [2.24, 2.45) is 5.41 Å². The monoisotopic (exact) mass is 442 g/mol. The third kappa shape index (κ3) is 3.42. The number of halogens is 1. The van der Waals surface area contributed by atoms with Gasteiger partial charge in [0, 0.05) is 39.6 Å². The number of rotatable bonds is 4. The van der Waals surface area contributed by atoms with Crippen LogP contribution in [0.25, 0.3) is 10.9 Å². The molecule has 0 amide bonds. The number of hydroxylamine groups is 1. The van der Waals surface area contributed by atoms with Crippen LogP contribution in [0.15, 0.2) is 46.9 Å². The fourth-order valence-electron chi connectivity index (χ4n) is 4.16. The molecular formula is C22H23BrN2O3. The van der Waals surface area contributed by atoms with Crippen LogP contribution in [0.2, 0.25) is 0 Å². The van der Waals surface area contributed by atoms with Crippen molar-refractivity contribution in [2.75, 3.05) is 0 Å². The van der Waals surface area contributed by atoms with E-state index in [9.17, 15) is 9.90 Å². The molecule has 146 valence electrons. The van der Waals surface area contributed by atoms with Gasteiger partial charge in [0.15, 0.2) is 12.0 Å². The molecule has 2 aromatic carbocycles. The summed E-state index contributed by atoms with van der Waals surface area (Å²) >= 11 is 3.54. The fraction of sp³-hybridized carbons (Fsp3) is 0.318. The Morgan fingerprint density at radius 1 is 1.18 bits per heavy atom. The molecule has 1 aliphatic rings. The van der Waals surface area contributed by atoms with Crippen LogP contribution in [0, 0.1) is 5.41 Å². The molecule has 1 heterocycles. The maximum atomic E-state index is 13.0. The number of fused-ring (bicyclic) bond motifs is 3. The van der Waals surface area contributed by atoms with Gasteiger partial charge in [-0.2, -0.15) is 5.48 Å². The van der Waals surface area contributed by atoms with Gasteiger partial charge in [0.05, 0.1) is 0 Å². The number of aliphatic hydroxyl groups is 1. The molecule has 28 heavy (non-hydrogen) atoms. The topological polar surface area (TPSA) is 74.5 Å². The zero-order valence-corrected chi connectivity index (χ0v) is 17.5. The lowest BCUT2D eigenvalue weighted by molar-refractivity contribution is 0.000692. The van der Waals surface area contributed by atoms with E-state index in [1.165, 1.54) is 0 Å². The molecule has 6 heteroatoms. The van der Waals surface area contributed by atoms with E-state index in [0.717, 1.165) is 38.6 Å². The van der Waals surface area contributed by atoms with Gasteiger partial charge in [-0.05, 0) is 41.2 Å². The van der Waals surface area contributed by atoms with E-state index in [1.807, 2.05) is 29.7 Å². The molecule has 5 nitrogen and oxygen atoms in total. The first-order valence-corrected chi connectivity index (χ1v) is 10.1. The standard InChI is InChI=1S/C22H23BrN2O3/c1-22(2)10-18-20(19(26)11-22)16-9-15(23)7-8-17(16)25(18)12-13-3-5-14(6-4-13)21(27)24-28/h3-9,21,24,27-28H,10-12H2,1-2H3. The molecule has 0 bridgehead atoms. The predicted molar refractivity (Wildman–Crippen MR) is 111 cm³/mol. The Kier molecular flexibility index (Phi) is 4.91. The first kappa shape index (κ1) is 19.3. The van der Waals surface area contributed by atoms with Crippen LogP contribution in [0.3, 0.4) is 0 Å². The molecule has 0 spiro atoms. The minimum absolute atomic E-state index is 0.0613. The lowest BCUT2D eigenvalue weighted by Crippen LogP contribution is -2.28. The van der Waals surface area contributed by atoms with Gasteiger partial charge in [0.25, 0.3) is 0 Å². The Morgan fingerprint density at radius 2 is 1.89 bits per heavy atom. The number of aromatic nitrogens is 1. The van der Waals surface area contributed by atoms with Crippen molar-refractivity contribution in [1.82, 2.24) is 10.0 Å². The van der Waals surface area contributed by atoms with Gasteiger partial charge in [-0.15, -0.1) is 0 Å². The highest BCUT2D eigenvalue weighted by atomic mass is 79.9. The molecule has 3 N–H and O–H groups in total. The number of hydrogen-bond acceptors (Lipinski definition) is 4. The highest BCUT2D eigenvalue weighted by Crippen LogP contribution is 2.40. The highest BCUT2D eigenvalue weighted by molar-refractivity contribution is 9.10. The van der Waals surface area contributed by atoms with Crippen molar-refractivity contribution in [3.63, 3.8) is 0 Å². The van der Waals surface area contributed by atoms with E-state index in [1.54, 1.807) is 12.1 Å². The van der Waals surface area contributed by atoms with Crippen molar-refractivity contribution in [2.45, 2.75) is 39.5 Å². The lowest BCUT2D eigenvalue weighted by atomic mass is 9.75. The normalized spacial score (nSPS) is 17.0. The number of ketones is 1. The molecule has 0 fully saturated rings. The summed E-state index contributed by atoms with van der Waals surface area (Å²) in [4.78, 5) is 13.0. The van der Waals surface area contributed by atoms with Gasteiger partial charge < -0.3 is 14.9 Å². The average molecular weight is 443 g/mol. The molecule has 1 unspecified atom stereocenters. The minimum atomic E-state index is -1.11. The molecule has 0 radical (unpaired) electrons. The van der Waals surface area contributed by atoms with Gasteiger partial charge in [-0.25, -0.2) is 0 Å². The van der Waals surface area contributed by atoms with Gasteiger partial charge in [-0.1, -0.05) is 54.0 Å². The second kappa shape index (κ2) is 7.12. The Bertz CT molecular complexity index is 1050. The Hall–Kier alpha value is -1.99. The second-order valence-corrected chi connectivity index (χ2v) is 9.20. The Morgan fingerprint density at radius 3 is 2.57 bits per heavy atom. The fourth-order valence-corrected chi connectivity index (χ4v) is 4.52. The SMILES string of the molecule is CC1(C)CC(=O)c2c(n(Cc3ccc(C(O)NO)cc3)c3ccc(Br)cc23)C1. The van der Waals surface area contributed by atoms with Crippen molar-refractivity contribution >= 4 is 32.6 Å². The maximum absolute atomic E-state index is 13.0. The molecule has 1 atom stereocenters. The summed E-state index contributed by atoms with van der Waals surface area (Å²) in [5.74, 6) is 0.209. The summed E-state index contributed by atoms with van der Waals surface area (Å²) < 4.78 is 3.21. The Labute approximate surface area is 172 Å². The third-order valence-corrected chi connectivity index (χ3v) is 5.95. The zero-order chi connectivity index (χ0) is 20.1. The number of benzene rings is 2. The molecule has 4 rings (SSSR count). The lowest BCUT2D eigenvalue weighted by Gasteiger charge is -2.30. The molecule has 0 saturated heterocycles. The van der Waals surface area contributed by atoms with Crippen molar-refractivity contribution in [3.05, 3.63) is 69.3 Å². The first-order chi connectivity index (χ1) is 13.3. The van der Waals surface area contributed by atoms with Crippen LogP contribution in [0.5, 0.6) is 0 Å². The molecule has 0 saturated carbocycles. The first-order valence-electron chi connectivity index (χ1n) is 9.29. The van der Waals surface area contributed by atoms with E-state index in [2.05, 4.69) is 40.4 Å². The summed E-state index contributed by atoms with van der Waals surface area (Å²) in [6.07, 6.45) is 0.308. The van der Waals surface area contributed by atoms with E-state index >= 15 is 0 Å². The van der Waals surface area contributed by atoms with Crippen molar-refractivity contribution in [3.8, 4) is 0 Å². The van der Waals surface area contributed by atoms with Crippen molar-refractivity contribution in [1.29, 1.82) is 0 Å². The van der Waals surface area contributed by atoms with E-state index < -0.39 is 6.23 Å². The quantitative estimate of drug-likeness (QED) is 0.408. The molecule has 1 aromatic heterocycles. The van der Waals surface area contributed by atoms with Crippen LogP contribution < -0.4 is 5.48 Å². The molecule has 0 aliphatic heterocycles. The maximum Gasteiger partial charge on any atom is 0.165 e. The smallest absolute Gasteiger partial charge is 0.165 e. The molecular weight excluding hydrogens is 420 g/mol. The number of carbonyl (C=O) groups excluding carboxylic acids is 1. The highest BCUT2D eigenvalue weighted by Gasteiger charge is 2.35. The van der Waals surface area contributed by atoms with Gasteiger partial charge in [-0.3, -0.25) is 4.79 Å². The van der Waals surface area contributed by atoms with Crippen LogP contribution >= 0.6 is 15.9 Å². The summed E-state index contributed by atoms with van der Waals surface area (Å²) in [5.41, 5.74) is 6.43. The third-order valence-electron chi connectivity index (χ3n) is 5.46. The van der Waals surface area contributed by atoms with Crippen LogP contribution in [0.1, 0.15) is 53.7 Å². The predicted octanol–water partition coefficient (Wildman–Crippen LogP) is 4.58. The van der Waals surface area contributed by atoms with Crippen LogP contribution in [-0.4, -0.2) is 20.7 Å². The van der Waals surface area contributed by atoms with Gasteiger partial charge >= 0.3 is 0 Å². The second-order valence-electron chi connectivity index (χ2n) is 8.28. The van der Waals surface area contributed by atoms with Crippen LogP contribution in [-0.2, 0) is 13.0 Å². The largest absolute Gasteiger partial charge is 0.372 e. The average Bonchev–Trinajstić information content (AvgIpc) is 2.93. The van der Waals surface area contributed by atoms with E-state index in [0.29, 0.717) is 18.5 Å². The summed E-state index contributed by atoms with van der Waals surface area (Å²) in [7, 11) is 0. The summed E-state index contributed by atoms with van der Waals surface area (Å²) in [5, 5.41) is 19.6. The minimum Gasteiger partial charge on any atom is -0.372 e.